The molecule has 79 heavy (non-hydrogen) atoms. The summed E-state index contributed by atoms with van der Waals surface area (Å²) in [6.45, 7) is 1.68. The minimum absolute atomic E-state index is 0.0401. The van der Waals surface area contributed by atoms with Gasteiger partial charge in [0.15, 0.2) is 0 Å². The highest BCUT2D eigenvalue weighted by Crippen LogP contribution is 2.63. The van der Waals surface area contributed by atoms with E-state index in [0.29, 0.717) is 71.8 Å². The SMILES string of the molecule is COP(=O)(OC)C1OC(=O)c2ccccc21.COc1ccc(F)c(C(=O)N2CC[C@@H](NC(=O)OCc3ccccc3)C2)c1.O=C(N[C@@H]1CCN(C(=O)c2cc(/C=C3\OC(=O)c4ccccc43)ccc2F)C1)OCc1ccccc1. The number of amides is 4. The number of cyclic esters (lactones) is 2. The molecule has 2 N–H and O–H groups in total. The number of nitrogens with zero attached hydrogens (tertiary/aromatic N) is 2. The molecule has 21 heteroatoms. The molecule has 2 fully saturated rings. The lowest BCUT2D eigenvalue weighted by molar-refractivity contribution is 0.0456. The molecule has 0 spiro atoms. The second-order valence-electron chi connectivity index (χ2n) is 18.2. The fraction of sp³-hybridized carbons (Fsp3) is 0.241. The first-order valence-corrected chi connectivity index (χ1v) is 26.5. The Bertz CT molecular complexity index is 3290. The Hall–Kier alpha value is -8.71. The summed E-state index contributed by atoms with van der Waals surface area (Å²) in [6, 6.07) is 40.1. The molecular weight excluding hydrogens is 1050 g/mol. The van der Waals surface area contributed by atoms with Gasteiger partial charge in [0.25, 0.3) is 11.8 Å². The van der Waals surface area contributed by atoms with Crippen molar-refractivity contribution in [2.24, 2.45) is 0 Å². The van der Waals surface area contributed by atoms with Crippen LogP contribution in [-0.2, 0) is 45.8 Å². The normalized spacial score (nSPS) is 17.4. The molecule has 3 atom stereocenters. The lowest BCUT2D eigenvalue weighted by Crippen LogP contribution is -2.38. The Labute approximate surface area is 453 Å². The van der Waals surface area contributed by atoms with Crippen molar-refractivity contribution >= 4 is 55.4 Å². The Morgan fingerprint density at radius 1 is 0.620 bits per heavy atom. The summed E-state index contributed by atoms with van der Waals surface area (Å²) in [7, 11) is 0.541. The number of alkyl carbamates (subject to hydrolysis) is 2. The van der Waals surface area contributed by atoms with Crippen LogP contribution in [0.4, 0.5) is 18.4 Å². The van der Waals surface area contributed by atoms with Crippen LogP contribution in [0.3, 0.4) is 0 Å². The molecular formula is C58H55F2N4O14P. The molecule has 4 amide bonds. The van der Waals surface area contributed by atoms with Crippen LogP contribution in [0.1, 0.15) is 87.9 Å². The second kappa shape index (κ2) is 26.1. The number of halogens is 2. The molecule has 4 heterocycles. The van der Waals surface area contributed by atoms with Crippen molar-refractivity contribution in [1.29, 1.82) is 0 Å². The van der Waals surface area contributed by atoms with Crippen molar-refractivity contribution < 1.29 is 74.8 Å². The first kappa shape index (κ1) is 56.5. The van der Waals surface area contributed by atoms with E-state index in [2.05, 4.69) is 10.6 Å². The van der Waals surface area contributed by atoms with E-state index in [1.165, 1.54) is 67.5 Å². The number of nitrogens with one attached hydrogen (secondary N) is 2. The second-order valence-corrected chi connectivity index (χ2v) is 20.4. The lowest BCUT2D eigenvalue weighted by Gasteiger charge is -2.19. The number of likely N-dealkylation sites (tertiary alicyclic amines) is 2. The molecule has 6 aromatic carbocycles. The quantitative estimate of drug-likeness (QED) is 0.0626. The number of benzene rings is 6. The number of fused-ring (bicyclic) bond motifs is 2. The lowest BCUT2D eigenvalue weighted by atomic mass is 10.0. The van der Waals surface area contributed by atoms with Gasteiger partial charge >= 0.3 is 31.7 Å². The van der Waals surface area contributed by atoms with Gasteiger partial charge in [0.05, 0.1) is 41.4 Å². The minimum atomic E-state index is -3.44. The maximum Gasteiger partial charge on any atom is 0.407 e. The van der Waals surface area contributed by atoms with Crippen molar-refractivity contribution in [3.05, 3.63) is 207 Å². The van der Waals surface area contributed by atoms with E-state index in [9.17, 15) is 42.1 Å². The van der Waals surface area contributed by atoms with Crippen LogP contribution in [0.2, 0.25) is 0 Å². The van der Waals surface area contributed by atoms with E-state index in [1.54, 1.807) is 54.6 Å². The standard InChI is InChI=1S/C28H23FN2O5.C20H21FN2O4.C10H11O5P/c29-24-11-10-19(15-25-21-8-4-5-9-22(21)27(33)36-25)14-23(24)26(32)31-13-12-20(16-31)30-28(34)35-17-18-6-2-1-3-7-18;1-26-16-7-8-18(21)17(11-16)19(24)23-10-9-15(12-23)22-20(25)27-13-14-5-3-2-4-6-14;1-13-16(12,14-2)10-8-6-4-3-5-7(8)9(11)15-10/h1-11,14-15,20H,12-13,16-17H2,(H,30,34);2-8,11,15H,9-10,12-13H2,1H3,(H,22,25);3-6,10H,1-2H3/b25-15-;;/t20-;15-;/m11./s1. The third-order valence-electron chi connectivity index (χ3n) is 13.0. The summed E-state index contributed by atoms with van der Waals surface area (Å²) in [5.74, 6) is -3.30. The van der Waals surface area contributed by atoms with Crippen LogP contribution in [-0.4, -0.2) is 105 Å². The third-order valence-corrected chi connectivity index (χ3v) is 15.0. The van der Waals surface area contributed by atoms with Gasteiger partial charge in [-0.25, -0.2) is 28.0 Å². The fourth-order valence-corrected chi connectivity index (χ4v) is 10.2. The van der Waals surface area contributed by atoms with Crippen molar-refractivity contribution in [2.45, 2.75) is 44.0 Å². The number of rotatable bonds is 13. The number of esters is 2. The van der Waals surface area contributed by atoms with E-state index in [4.69, 9.17) is 32.7 Å². The summed E-state index contributed by atoms with van der Waals surface area (Å²) in [4.78, 5) is 76.3. The zero-order valence-corrected chi connectivity index (χ0v) is 44.0. The average Bonchev–Trinajstić information content (AvgIpc) is 4.45. The van der Waals surface area contributed by atoms with Gasteiger partial charge in [0.1, 0.15) is 36.4 Å². The van der Waals surface area contributed by atoms with Crippen LogP contribution in [0.25, 0.3) is 11.8 Å². The third kappa shape index (κ3) is 14.1. The monoisotopic (exact) mass is 1100 g/mol. The van der Waals surface area contributed by atoms with E-state index >= 15 is 0 Å². The molecule has 1 unspecified atom stereocenters. The van der Waals surface area contributed by atoms with E-state index in [0.717, 1.165) is 11.1 Å². The first-order chi connectivity index (χ1) is 38.2. The maximum absolute atomic E-state index is 14.6. The molecule has 6 aromatic rings. The van der Waals surface area contributed by atoms with Gasteiger partial charge in [-0.2, -0.15) is 0 Å². The van der Waals surface area contributed by atoms with Crippen molar-refractivity contribution in [3.8, 4) is 5.75 Å². The van der Waals surface area contributed by atoms with Gasteiger partial charge in [-0.15, -0.1) is 0 Å². The summed E-state index contributed by atoms with van der Waals surface area (Å²) >= 11 is 0. The molecule has 410 valence electrons. The molecule has 18 nitrogen and oxygen atoms in total. The average molecular weight is 1100 g/mol. The van der Waals surface area contributed by atoms with Crippen LogP contribution in [0.5, 0.6) is 5.75 Å². The summed E-state index contributed by atoms with van der Waals surface area (Å²) < 4.78 is 76.3. The predicted molar refractivity (Wildman–Crippen MR) is 283 cm³/mol. The molecule has 0 aromatic heterocycles. The Kier molecular flexibility index (Phi) is 18.7. The molecule has 0 aliphatic carbocycles. The number of ether oxygens (including phenoxy) is 5. The number of hydrogen-bond donors (Lipinski definition) is 2. The van der Waals surface area contributed by atoms with Crippen LogP contribution >= 0.6 is 7.60 Å². The van der Waals surface area contributed by atoms with E-state index in [-0.39, 0.29) is 43.0 Å². The molecule has 4 aliphatic heterocycles. The zero-order valence-electron chi connectivity index (χ0n) is 43.1. The molecule has 2 saturated heterocycles. The van der Waals surface area contributed by atoms with Crippen LogP contribution in [0, 0.1) is 11.6 Å². The predicted octanol–water partition coefficient (Wildman–Crippen LogP) is 9.95. The molecule has 4 aliphatic rings. The zero-order chi connectivity index (χ0) is 56.1. The van der Waals surface area contributed by atoms with Gasteiger partial charge in [-0.1, -0.05) is 103 Å². The minimum Gasteiger partial charge on any atom is -0.497 e. The molecule has 0 bridgehead atoms. The van der Waals surface area contributed by atoms with Gasteiger partial charge in [-0.3, -0.25) is 14.2 Å². The Morgan fingerprint density at radius 3 is 1.66 bits per heavy atom. The Morgan fingerprint density at radius 2 is 1.11 bits per heavy atom. The topological polar surface area (TPSA) is 215 Å². The van der Waals surface area contributed by atoms with Crippen molar-refractivity contribution in [3.63, 3.8) is 0 Å². The van der Waals surface area contributed by atoms with Crippen molar-refractivity contribution in [2.75, 3.05) is 47.5 Å². The van der Waals surface area contributed by atoms with Gasteiger partial charge < -0.3 is 53.2 Å². The number of carbonyl (C=O) groups is 6. The highest BCUT2D eigenvalue weighted by molar-refractivity contribution is 7.54. The molecule has 0 radical (unpaired) electrons. The number of methoxy groups -OCH3 is 1. The highest BCUT2D eigenvalue weighted by atomic mass is 31.2. The van der Waals surface area contributed by atoms with Crippen molar-refractivity contribution in [1.82, 2.24) is 20.4 Å². The van der Waals surface area contributed by atoms with E-state index in [1.807, 2.05) is 60.7 Å². The molecule has 0 saturated carbocycles. The van der Waals surface area contributed by atoms with E-state index < -0.39 is 61.0 Å². The summed E-state index contributed by atoms with van der Waals surface area (Å²) in [6.07, 6.45) is 1.62. The van der Waals surface area contributed by atoms with Crippen LogP contribution < -0.4 is 15.4 Å². The maximum atomic E-state index is 14.6. The van der Waals surface area contributed by atoms with Gasteiger partial charge in [0.2, 0.25) is 5.85 Å². The largest absolute Gasteiger partial charge is 0.497 e. The first-order valence-electron chi connectivity index (χ1n) is 24.9. The molecule has 10 rings (SSSR count). The summed E-state index contributed by atoms with van der Waals surface area (Å²) in [5.41, 5.74) is 4.21. The van der Waals surface area contributed by atoms with Gasteiger partial charge in [-0.05, 0) is 78.1 Å². The van der Waals surface area contributed by atoms with Crippen LogP contribution in [0.15, 0.2) is 146 Å². The smallest absolute Gasteiger partial charge is 0.407 e. The fourth-order valence-electron chi connectivity index (χ4n) is 8.89. The highest BCUT2D eigenvalue weighted by Gasteiger charge is 2.45. The summed E-state index contributed by atoms with van der Waals surface area (Å²) in [5, 5.41) is 5.52. The van der Waals surface area contributed by atoms with Gasteiger partial charge in [0, 0.05) is 51.5 Å². The number of carbonyl (C=O) groups excluding carboxylic acids is 6. The Balaban J connectivity index is 0.000000168. The number of hydrogen-bond acceptors (Lipinski definition) is 14.